The van der Waals surface area contributed by atoms with Gasteiger partial charge in [0.15, 0.2) is 22.8 Å². The number of hydrogen-bond donors (Lipinski definition) is 0. The Balaban J connectivity index is 1.92. The lowest BCUT2D eigenvalue weighted by Gasteiger charge is -2.35. The van der Waals surface area contributed by atoms with Gasteiger partial charge in [-0.15, -0.1) is 0 Å². The minimum Gasteiger partial charge on any atom is -0.417 e. The number of ketones is 2. The van der Waals surface area contributed by atoms with E-state index in [1.165, 1.54) is 0 Å². The van der Waals surface area contributed by atoms with E-state index in [-0.39, 0.29) is 11.6 Å². The second-order valence-corrected chi connectivity index (χ2v) is 8.33. The molecular weight excluding hydrogens is 392 g/mol. The molecule has 0 heterocycles. The van der Waals surface area contributed by atoms with Crippen LogP contribution in [0.3, 0.4) is 0 Å². The highest BCUT2D eigenvalue weighted by Gasteiger charge is 2.45. The van der Waals surface area contributed by atoms with E-state index in [2.05, 4.69) is 9.78 Å². The number of carbonyl (C=O) groups is 4. The maximum absolute atomic E-state index is 12.5. The minimum atomic E-state index is -1.25. The minimum absolute atomic E-state index is 0.143. The van der Waals surface area contributed by atoms with E-state index in [4.69, 9.17) is 9.47 Å². The predicted molar refractivity (Wildman–Crippen MR) is 107 cm³/mol. The lowest BCUT2D eigenvalue weighted by molar-refractivity contribution is -0.238. The maximum atomic E-state index is 12.5. The van der Waals surface area contributed by atoms with Gasteiger partial charge in [-0.3, -0.25) is 9.59 Å². The van der Waals surface area contributed by atoms with Crippen molar-refractivity contribution in [3.8, 4) is 0 Å². The monoisotopic (exact) mass is 426 g/mol. The van der Waals surface area contributed by atoms with Crippen molar-refractivity contribution in [2.75, 3.05) is 0 Å². The Morgan fingerprint density at radius 2 is 0.933 bits per heavy atom. The van der Waals surface area contributed by atoms with Crippen molar-refractivity contribution in [2.24, 2.45) is 0 Å². The SMILES string of the molecule is CCCC(=O)C1(OC(=O)OOC(=O)OC2(C(=O)CCC)CCCCC2)CCCCC1. The van der Waals surface area contributed by atoms with Crippen molar-refractivity contribution in [2.45, 2.75) is 115 Å². The van der Waals surface area contributed by atoms with E-state index in [1.54, 1.807) is 0 Å². The van der Waals surface area contributed by atoms with Crippen molar-refractivity contribution >= 4 is 23.9 Å². The van der Waals surface area contributed by atoms with Crippen LogP contribution in [0, 0.1) is 0 Å². The third kappa shape index (κ3) is 6.19. The summed E-state index contributed by atoms with van der Waals surface area (Å²) in [4.78, 5) is 58.3. The first-order valence-corrected chi connectivity index (χ1v) is 11.2. The Bertz CT molecular complexity index is 561. The van der Waals surface area contributed by atoms with E-state index in [0.717, 1.165) is 38.5 Å². The summed E-state index contributed by atoms with van der Waals surface area (Å²) in [6, 6.07) is 0. The van der Waals surface area contributed by atoms with Crippen LogP contribution in [-0.2, 0) is 28.8 Å². The van der Waals surface area contributed by atoms with Gasteiger partial charge in [-0.1, -0.05) is 26.7 Å². The first-order valence-electron chi connectivity index (χ1n) is 11.2. The van der Waals surface area contributed by atoms with Gasteiger partial charge >= 0.3 is 12.3 Å². The maximum Gasteiger partial charge on any atom is 0.551 e. The molecule has 0 bridgehead atoms. The van der Waals surface area contributed by atoms with Gasteiger partial charge in [0.05, 0.1) is 0 Å². The number of ether oxygens (including phenoxy) is 2. The molecule has 0 spiro atoms. The molecule has 0 aromatic carbocycles. The molecule has 0 atom stereocenters. The lowest BCUT2D eigenvalue weighted by Crippen LogP contribution is -2.46. The standard InChI is InChI=1S/C22H34O8/c1-3-11-17(23)21(13-7-5-8-14-21)27-19(25)29-30-20(26)28-22(18(24)12-4-2)15-9-6-10-16-22/h3-16H2,1-2H3. The molecule has 0 radical (unpaired) electrons. The van der Waals surface area contributed by atoms with Crippen molar-refractivity contribution in [3.05, 3.63) is 0 Å². The van der Waals surface area contributed by atoms with Crippen LogP contribution in [-0.4, -0.2) is 35.1 Å². The Labute approximate surface area is 177 Å². The van der Waals surface area contributed by atoms with Crippen molar-refractivity contribution in [3.63, 3.8) is 0 Å². The normalized spacial score (nSPS) is 19.9. The van der Waals surface area contributed by atoms with Gasteiger partial charge in [-0.25, -0.2) is 0 Å². The molecular formula is C22H34O8. The zero-order chi connectivity index (χ0) is 22.0. The third-order valence-corrected chi connectivity index (χ3v) is 6.03. The van der Waals surface area contributed by atoms with Gasteiger partial charge in [0, 0.05) is 12.8 Å². The van der Waals surface area contributed by atoms with E-state index >= 15 is 0 Å². The third-order valence-electron chi connectivity index (χ3n) is 6.03. The van der Waals surface area contributed by atoms with E-state index in [1.807, 2.05) is 13.8 Å². The quantitative estimate of drug-likeness (QED) is 0.290. The molecule has 0 aliphatic heterocycles. The van der Waals surface area contributed by atoms with Crippen LogP contribution < -0.4 is 0 Å². The molecule has 0 saturated heterocycles. The molecule has 30 heavy (non-hydrogen) atoms. The molecule has 0 aromatic rings. The van der Waals surface area contributed by atoms with E-state index in [0.29, 0.717) is 51.4 Å². The molecule has 2 saturated carbocycles. The summed E-state index contributed by atoms with van der Waals surface area (Å²) in [5.41, 5.74) is -2.44. The fourth-order valence-corrected chi connectivity index (χ4v) is 4.45. The average molecular weight is 427 g/mol. The molecule has 2 aliphatic carbocycles. The largest absolute Gasteiger partial charge is 0.551 e. The zero-order valence-electron chi connectivity index (χ0n) is 18.2. The lowest BCUT2D eigenvalue weighted by atomic mass is 9.80. The summed E-state index contributed by atoms with van der Waals surface area (Å²) >= 11 is 0. The molecule has 8 heteroatoms. The van der Waals surface area contributed by atoms with Gasteiger partial charge in [0.2, 0.25) is 0 Å². The van der Waals surface area contributed by atoms with Crippen molar-refractivity contribution < 1.29 is 38.4 Å². The van der Waals surface area contributed by atoms with Crippen molar-refractivity contribution in [1.82, 2.24) is 0 Å². The second-order valence-electron chi connectivity index (χ2n) is 8.33. The fraction of sp³-hybridized carbons (Fsp3) is 0.818. The van der Waals surface area contributed by atoms with Gasteiger partial charge < -0.3 is 9.47 Å². The zero-order valence-corrected chi connectivity index (χ0v) is 18.2. The highest BCUT2D eigenvalue weighted by molar-refractivity contribution is 5.89. The van der Waals surface area contributed by atoms with Crippen molar-refractivity contribution in [1.29, 1.82) is 0 Å². The van der Waals surface area contributed by atoms with E-state index in [9.17, 15) is 19.2 Å². The molecule has 2 fully saturated rings. The fourth-order valence-electron chi connectivity index (χ4n) is 4.45. The molecule has 0 unspecified atom stereocenters. The van der Waals surface area contributed by atoms with Crippen LogP contribution in [0.5, 0.6) is 0 Å². The smallest absolute Gasteiger partial charge is 0.417 e. The summed E-state index contributed by atoms with van der Waals surface area (Å²) < 4.78 is 10.7. The number of hydrogen-bond acceptors (Lipinski definition) is 8. The molecule has 2 aliphatic rings. The number of carbonyl (C=O) groups excluding carboxylic acids is 4. The van der Waals surface area contributed by atoms with Crippen LogP contribution in [0.2, 0.25) is 0 Å². The Kier molecular flexibility index (Phi) is 9.11. The Hall–Kier alpha value is -2.12. The number of Topliss-reactive ketones (excluding diaryl/α,β-unsaturated/α-hetero) is 2. The van der Waals surface area contributed by atoms with Crippen LogP contribution >= 0.6 is 0 Å². The molecule has 170 valence electrons. The molecule has 8 nitrogen and oxygen atoms in total. The topological polar surface area (TPSA) is 105 Å². The van der Waals surface area contributed by atoms with Crippen LogP contribution in [0.25, 0.3) is 0 Å². The molecule has 2 rings (SSSR count). The summed E-state index contributed by atoms with van der Waals surface area (Å²) in [6.07, 6.45) is 6.14. The molecule has 0 amide bonds. The van der Waals surface area contributed by atoms with Gasteiger partial charge in [0.25, 0.3) is 0 Å². The molecule has 0 aromatic heterocycles. The highest BCUT2D eigenvalue weighted by Crippen LogP contribution is 2.35. The highest BCUT2D eigenvalue weighted by atomic mass is 17.3. The predicted octanol–water partition coefficient (Wildman–Crippen LogP) is 5.35. The summed E-state index contributed by atoms with van der Waals surface area (Å²) in [7, 11) is 0. The van der Waals surface area contributed by atoms with Gasteiger partial charge in [-0.2, -0.15) is 19.4 Å². The second kappa shape index (κ2) is 11.3. The summed E-state index contributed by atoms with van der Waals surface area (Å²) in [6.45, 7) is 3.76. The Morgan fingerprint density at radius 1 is 0.600 bits per heavy atom. The Morgan fingerprint density at radius 3 is 1.23 bits per heavy atom. The van der Waals surface area contributed by atoms with Gasteiger partial charge in [-0.05, 0) is 64.2 Å². The van der Waals surface area contributed by atoms with Crippen LogP contribution in [0.4, 0.5) is 9.59 Å². The average Bonchev–Trinajstić information content (AvgIpc) is 2.74. The first-order chi connectivity index (χ1) is 14.4. The summed E-state index contributed by atoms with van der Waals surface area (Å²) in [5.74, 6) is -0.286. The van der Waals surface area contributed by atoms with Gasteiger partial charge in [0.1, 0.15) is 0 Å². The number of rotatable bonds is 8. The van der Waals surface area contributed by atoms with Crippen LogP contribution in [0.1, 0.15) is 104 Å². The summed E-state index contributed by atoms with van der Waals surface area (Å²) in [5, 5.41) is 0. The first kappa shape index (κ1) is 24.2. The van der Waals surface area contributed by atoms with Crippen LogP contribution in [0.15, 0.2) is 0 Å². The van der Waals surface area contributed by atoms with E-state index < -0.39 is 23.5 Å². The molecule has 0 N–H and O–H groups in total.